The highest BCUT2D eigenvalue weighted by Gasteiger charge is 2.27. The topological polar surface area (TPSA) is 69.1 Å². The van der Waals surface area contributed by atoms with Crippen molar-refractivity contribution in [1.29, 1.82) is 0 Å². The van der Waals surface area contributed by atoms with Gasteiger partial charge in [0.05, 0.1) is 0 Å². The van der Waals surface area contributed by atoms with Gasteiger partial charge in [-0.15, -0.1) is 0 Å². The van der Waals surface area contributed by atoms with Crippen molar-refractivity contribution in [2.45, 2.75) is 25.7 Å². The summed E-state index contributed by atoms with van der Waals surface area (Å²) in [6.07, 6.45) is 4.11. The molecule has 1 aliphatic rings. The summed E-state index contributed by atoms with van der Waals surface area (Å²) in [7, 11) is 0. The Morgan fingerprint density at radius 3 is 2.64 bits per heavy atom. The van der Waals surface area contributed by atoms with Gasteiger partial charge in [0, 0.05) is 5.92 Å². The smallest absolute Gasteiger partial charge is 0.220 e. The average Bonchev–Trinajstić information content (AvgIpc) is 2.37. The minimum atomic E-state index is -0.135. The molecule has 0 aromatic carbocycles. The standard InChI is InChI=1S/C8H16N2O/c9-4-3-6-1-2-7(5-6)8(10)11/h6-7H,1-5,9H2,(H2,10,11). The summed E-state index contributed by atoms with van der Waals surface area (Å²) in [5.74, 6) is 0.647. The van der Waals surface area contributed by atoms with Crippen LogP contribution in [-0.2, 0) is 4.79 Å². The van der Waals surface area contributed by atoms with E-state index in [1.54, 1.807) is 0 Å². The first kappa shape index (κ1) is 8.53. The van der Waals surface area contributed by atoms with Gasteiger partial charge < -0.3 is 11.5 Å². The van der Waals surface area contributed by atoms with Gasteiger partial charge in [0.1, 0.15) is 0 Å². The van der Waals surface area contributed by atoms with E-state index in [0.29, 0.717) is 5.92 Å². The zero-order valence-electron chi connectivity index (χ0n) is 6.75. The maximum Gasteiger partial charge on any atom is 0.220 e. The number of nitrogens with two attached hydrogens (primary N) is 2. The Bertz CT molecular complexity index is 147. The molecule has 3 heteroatoms. The van der Waals surface area contributed by atoms with Crippen LogP contribution in [-0.4, -0.2) is 12.5 Å². The van der Waals surface area contributed by atoms with Crippen molar-refractivity contribution in [1.82, 2.24) is 0 Å². The molecule has 1 aliphatic carbocycles. The van der Waals surface area contributed by atoms with Gasteiger partial charge in [0.2, 0.25) is 5.91 Å². The minimum Gasteiger partial charge on any atom is -0.369 e. The highest BCUT2D eigenvalue weighted by Crippen LogP contribution is 2.32. The number of hydrogen-bond donors (Lipinski definition) is 2. The zero-order valence-corrected chi connectivity index (χ0v) is 6.75. The lowest BCUT2D eigenvalue weighted by Crippen LogP contribution is -2.20. The molecule has 0 aliphatic heterocycles. The maximum absolute atomic E-state index is 10.7. The molecular weight excluding hydrogens is 140 g/mol. The van der Waals surface area contributed by atoms with Crippen molar-refractivity contribution in [3.8, 4) is 0 Å². The highest BCUT2D eigenvalue weighted by molar-refractivity contribution is 5.76. The van der Waals surface area contributed by atoms with E-state index in [0.717, 1.165) is 32.2 Å². The summed E-state index contributed by atoms with van der Waals surface area (Å²) >= 11 is 0. The molecule has 1 saturated carbocycles. The Labute approximate surface area is 67.1 Å². The van der Waals surface area contributed by atoms with Crippen molar-refractivity contribution < 1.29 is 4.79 Å². The van der Waals surface area contributed by atoms with E-state index in [4.69, 9.17) is 11.5 Å². The molecule has 1 fully saturated rings. The number of amides is 1. The highest BCUT2D eigenvalue weighted by atomic mass is 16.1. The van der Waals surface area contributed by atoms with Crippen molar-refractivity contribution in [3.63, 3.8) is 0 Å². The monoisotopic (exact) mass is 156 g/mol. The molecule has 0 aromatic rings. The van der Waals surface area contributed by atoms with Crippen molar-refractivity contribution in [2.24, 2.45) is 23.3 Å². The Morgan fingerprint density at radius 1 is 1.45 bits per heavy atom. The van der Waals surface area contributed by atoms with Crippen LogP contribution < -0.4 is 11.5 Å². The summed E-state index contributed by atoms with van der Waals surface area (Å²) in [6.45, 7) is 0.732. The van der Waals surface area contributed by atoms with Crippen LogP contribution in [0.15, 0.2) is 0 Å². The summed E-state index contributed by atoms with van der Waals surface area (Å²) in [4.78, 5) is 10.7. The van der Waals surface area contributed by atoms with Gasteiger partial charge in [0.25, 0.3) is 0 Å². The van der Waals surface area contributed by atoms with Crippen LogP contribution in [0.25, 0.3) is 0 Å². The normalized spacial score (nSPS) is 30.6. The maximum atomic E-state index is 10.7. The summed E-state index contributed by atoms with van der Waals surface area (Å²) in [6, 6.07) is 0. The second-order valence-electron chi connectivity index (χ2n) is 3.36. The predicted octanol–water partition coefficient (Wildman–Crippen LogP) is 0.237. The van der Waals surface area contributed by atoms with Gasteiger partial charge >= 0.3 is 0 Å². The fraction of sp³-hybridized carbons (Fsp3) is 0.875. The first-order valence-corrected chi connectivity index (χ1v) is 4.23. The van der Waals surface area contributed by atoms with E-state index in [1.165, 1.54) is 0 Å². The molecule has 11 heavy (non-hydrogen) atoms. The van der Waals surface area contributed by atoms with Crippen LogP contribution in [0.5, 0.6) is 0 Å². The lowest BCUT2D eigenvalue weighted by atomic mass is 10.0. The quantitative estimate of drug-likeness (QED) is 0.614. The first-order valence-electron chi connectivity index (χ1n) is 4.23. The van der Waals surface area contributed by atoms with E-state index in [1.807, 2.05) is 0 Å². The van der Waals surface area contributed by atoms with Crippen molar-refractivity contribution in [3.05, 3.63) is 0 Å². The van der Waals surface area contributed by atoms with Crippen LogP contribution >= 0.6 is 0 Å². The van der Waals surface area contributed by atoms with Crippen LogP contribution in [0.2, 0.25) is 0 Å². The molecule has 0 spiro atoms. The molecule has 0 radical (unpaired) electrons. The Kier molecular flexibility index (Phi) is 2.88. The lowest BCUT2D eigenvalue weighted by Gasteiger charge is -2.06. The third-order valence-electron chi connectivity index (χ3n) is 2.52. The van der Waals surface area contributed by atoms with E-state index in [-0.39, 0.29) is 11.8 Å². The second-order valence-corrected chi connectivity index (χ2v) is 3.36. The van der Waals surface area contributed by atoms with Crippen LogP contribution in [0.1, 0.15) is 25.7 Å². The van der Waals surface area contributed by atoms with E-state index < -0.39 is 0 Å². The molecule has 0 bridgehead atoms. The molecular formula is C8H16N2O. The molecule has 2 atom stereocenters. The summed E-state index contributed by atoms with van der Waals surface area (Å²) in [5.41, 5.74) is 10.6. The molecule has 3 nitrogen and oxygen atoms in total. The predicted molar refractivity (Wildman–Crippen MR) is 43.7 cm³/mol. The fourth-order valence-corrected chi connectivity index (χ4v) is 1.83. The van der Waals surface area contributed by atoms with Gasteiger partial charge in [-0.1, -0.05) is 0 Å². The Hall–Kier alpha value is -0.570. The molecule has 1 rings (SSSR count). The van der Waals surface area contributed by atoms with Crippen molar-refractivity contribution >= 4 is 5.91 Å². The number of primary amides is 1. The lowest BCUT2D eigenvalue weighted by molar-refractivity contribution is -0.121. The van der Waals surface area contributed by atoms with E-state index in [2.05, 4.69) is 0 Å². The van der Waals surface area contributed by atoms with E-state index >= 15 is 0 Å². The summed E-state index contributed by atoms with van der Waals surface area (Å²) in [5, 5.41) is 0. The van der Waals surface area contributed by atoms with Gasteiger partial charge in [-0.25, -0.2) is 0 Å². The number of carbonyl (C=O) groups is 1. The molecule has 2 unspecified atom stereocenters. The summed E-state index contributed by atoms with van der Waals surface area (Å²) < 4.78 is 0. The van der Waals surface area contributed by atoms with Gasteiger partial charge in [-0.3, -0.25) is 4.79 Å². The van der Waals surface area contributed by atoms with Gasteiger partial charge in [-0.2, -0.15) is 0 Å². The Morgan fingerprint density at radius 2 is 2.18 bits per heavy atom. The van der Waals surface area contributed by atoms with Crippen LogP contribution in [0.3, 0.4) is 0 Å². The third kappa shape index (κ3) is 2.19. The molecule has 64 valence electrons. The number of hydrogen-bond acceptors (Lipinski definition) is 2. The van der Waals surface area contributed by atoms with Crippen molar-refractivity contribution in [2.75, 3.05) is 6.54 Å². The fourth-order valence-electron chi connectivity index (χ4n) is 1.83. The SMILES string of the molecule is NCCC1CCC(C(N)=O)C1. The minimum absolute atomic E-state index is 0.131. The molecule has 0 aromatic heterocycles. The zero-order chi connectivity index (χ0) is 8.27. The van der Waals surface area contributed by atoms with E-state index in [9.17, 15) is 4.79 Å². The third-order valence-corrected chi connectivity index (χ3v) is 2.52. The Balaban J connectivity index is 2.29. The molecule has 4 N–H and O–H groups in total. The second kappa shape index (κ2) is 3.72. The average molecular weight is 156 g/mol. The van der Waals surface area contributed by atoms with Gasteiger partial charge in [-0.05, 0) is 38.1 Å². The van der Waals surface area contributed by atoms with Crippen LogP contribution in [0, 0.1) is 11.8 Å². The molecule has 0 heterocycles. The molecule has 1 amide bonds. The largest absolute Gasteiger partial charge is 0.369 e. The molecule has 0 saturated heterocycles. The van der Waals surface area contributed by atoms with Gasteiger partial charge in [0.15, 0.2) is 0 Å². The first-order chi connectivity index (χ1) is 5.24. The number of carbonyl (C=O) groups excluding carboxylic acids is 1. The van der Waals surface area contributed by atoms with Crippen LogP contribution in [0.4, 0.5) is 0 Å². The number of rotatable bonds is 3.